The van der Waals surface area contributed by atoms with Crippen LogP contribution in [0.25, 0.3) is 0 Å². The lowest BCUT2D eigenvalue weighted by atomic mass is 10.1. The predicted molar refractivity (Wildman–Crippen MR) is 97.0 cm³/mol. The number of hydrogen-bond acceptors (Lipinski definition) is 2. The molecule has 0 aromatic heterocycles. The van der Waals surface area contributed by atoms with E-state index in [0.29, 0.717) is 6.42 Å². The van der Waals surface area contributed by atoms with Gasteiger partial charge < -0.3 is 10.2 Å². The van der Waals surface area contributed by atoms with E-state index >= 15 is 0 Å². The van der Waals surface area contributed by atoms with Gasteiger partial charge in [-0.25, -0.2) is 0 Å². The van der Waals surface area contributed by atoms with Crippen molar-refractivity contribution >= 4 is 11.6 Å². The molecule has 0 atom stereocenters. The van der Waals surface area contributed by atoms with Crippen LogP contribution in [0.3, 0.4) is 0 Å². The van der Waals surface area contributed by atoms with Crippen LogP contribution in [0.2, 0.25) is 0 Å². The molecular formula is C20H26N2O. The quantitative estimate of drug-likeness (QED) is 0.795. The van der Waals surface area contributed by atoms with E-state index in [9.17, 15) is 4.79 Å². The molecule has 0 spiro atoms. The summed E-state index contributed by atoms with van der Waals surface area (Å²) in [6.07, 6.45) is 2.40. The topological polar surface area (TPSA) is 32.3 Å². The molecule has 1 amide bonds. The third kappa shape index (κ3) is 5.78. The van der Waals surface area contributed by atoms with E-state index < -0.39 is 0 Å². The van der Waals surface area contributed by atoms with E-state index in [0.717, 1.165) is 24.9 Å². The number of nitrogens with one attached hydrogen (secondary N) is 1. The van der Waals surface area contributed by atoms with E-state index in [1.54, 1.807) is 0 Å². The van der Waals surface area contributed by atoms with Gasteiger partial charge in [0, 0.05) is 26.3 Å². The van der Waals surface area contributed by atoms with Gasteiger partial charge in [0.05, 0.1) is 6.42 Å². The molecule has 0 saturated carbocycles. The molecule has 0 aliphatic heterocycles. The number of hydrogen-bond donors (Lipinski definition) is 1. The number of carbonyl (C=O) groups excluding carboxylic acids is 1. The molecule has 2 aromatic carbocycles. The van der Waals surface area contributed by atoms with Gasteiger partial charge in [-0.15, -0.1) is 0 Å². The van der Waals surface area contributed by atoms with E-state index in [1.165, 1.54) is 16.8 Å². The number of anilines is 1. The van der Waals surface area contributed by atoms with Crippen molar-refractivity contribution in [3.8, 4) is 0 Å². The van der Waals surface area contributed by atoms with Crippen LogP contribution >= 0.6 is 0 Å². The van der Waals surface area contributed by atoms with Crippen molar-refractivity contribution in [3.05, 3.63) is 65.2 Å². The minimum atomic E-state index is 0.0959. The molecule has 122 valence electrons. The van der Waals surface area contributed by atoms with Crippen molar-refractivity contribution in [1.82, 2.24) is 5.32 Å². The Morgan fingerprint density at radius 3 is 2.43 bits per heavy atom. The molecule has 3 nitrogen and oxygen atoms in total. The zero-order valence-corrected chi connectivity index (χ0v) is 14.3. The summed E-state index contributed by atoms with van der Waals surface area (Å²) in [6, 6.07) is 16.7. The summed E-state index contributed by atoms with van der Waals surface area (Å²) in [6.45, 7) is 2.77. The molecule has 1 N–H and O–H groups in total. The van der Waals surface area contributed by atoms with Crippen LogP contribution in [0.5, 0.6) is 0 Å². The summed E-state index contributed by atoms with van der Waals surface area (Å²) in [7, 11) is 4.08. The number of rotatable bonds is 7. The van der Waals surface area contributed by atoms with E-state index in [1.807, 2.05) is 39.2 Å². The first kappa shape index (κ1) is 17.1. The lowest BCUT2D eigenvalue weighted by molar-refractivity contribution is -0.120. The average Bonchev–Trinajstić information content (AvgIpc) is 2.52. The first-order valence-electron chi connectivity index (χ1n) is 8.13. The SMILES string of the molecule is Cc1cccc(CC(=O)NCCCc2ccc(N(C)C)cc2)c1. The van der Waals surface area contributed by atoms with E-state index in [-0.39, 0.29) is 5.91 Å². The fourth-order valence-electron chi connectivity index (χ4n) is 2.55. The number of nitrogens with zero attached hydrogens (tertiary/aromatic N) is 1. The molecule has 0 aliphatic rings. The number of amides is 1. The first-order chi connectivity index (χ1) is 11.0. The van der Waals surface area contributed by atoms with Gasteiger partial charge >= 0.3 is 0 Å². The van der Waals surface area contributed by atoms with Crippen LogP contribution in [0.1, 0.15) is 23.1 Å². The Bertz CT molecular complexity index is 632. The monoisotopic (exact) mass is 310 g/mol. The Morgan fingerprint density at radius 1 is 1.04 bits per heavy atom. The molecule has 0 radical (unpaired) electrons. The highest BCUT2D eigenvalue weighted by Crippen LogP contribution is 2.13. The molecule has 3 heteroatoms. The lowest BCUT2D eigenvalue weighted by Gasteiger charge is -2.12. The summed E-state index contributed by atoms with van der Waals surface area (Å²) < 4.78 is 0. The fraction of sp³-hybridized carbons (Fsp3) is 0.350. The second-order valence-corrected chi connectivity index (χ2v) is 6.18. The minimum Gasteiger partial charge on any atom is -0.378 e. The molecule has 0 fully saturated rings. The van der Waals surface area contributed by atoms with Gasteiger partial charge in [-0.1, -0.05) is 42.0 Å². The number of benzene rings is 2. The van der Waals surface area contributed by atoms with E-state index in [4.69, 9.17) is 0 Å². The van der Waals surface area contributed by atoms with Crippen molar-refractivity contribution in [3.63, 3.8) is 0 Å². The van der Waals surface area contributed by atoms with Gasteiger partial charge in [0.25, 0.3) is 0 Å². The van der Waals surface area contributed by atoms with Crippen molar-refractivity contribution in [2.24, 2.45) is 0 Å². The highest BCUT2D eigenvalue weighted by atomic mass is 16.1. The largest absolute Gasteiger partial charge is 0.378 e. The van der Waals surface area contributed by atoms with Gasteiger partial charge in [-0.2, -0.15) is 0 Å². The standard InChI is InChI=1S/C20H26N2O/c1-16-6-4-7-18(14-16)15-20(23)21-13-5-8-17-9-11-19(12-10-17)22(2)3/h4,6-7,9-12,14H,5,8,13,15H2,1-3H3,(H,21,23). The van der Waals surface area contributed by atoms with Gasteiger partial charge in [0.1, 0.15) is 0 Å². The molecule has 2 rings (SSSR count). The maximum atomic E-state index is 11.9. The molecule has 2 aromatic rings. The Kier molecular flexibility index (Phi) is 6.21. The second kappa shape index (κ2) is 8.37. The lowest BCUT2D eigenvalue weighted by Crippen LogP contribution is -2.26. The maximum Gasteiger partial charge on any atom is 0.224 e. The summed E-state index contributed by atoms with van der Waals surface area (Å²) in [5.41, 5.74) is 4.78. The first-order valence-corrected chi connectivity index (χ1v) is 8.13. The number of carbonyl (C=O) groups is 1. The zero-order valence-electron chi connectivity index (χ0n) is 14.3. The van der Waals surface area contributed by atoms with Gasteiger partial charge in [-0.3, -0.25) is 4.79 Å². The smallest absolute Gasteiger partial charge is 0.224 e. The fourth-order valence-corrected chi connectivity index (χ4v) is 2.55. The molecule has 0 heterocycles. The predicted octanol–water partition coefficient (Wildman–Crippen LogP) is 3.35. The molecule has 0 bridgehead atoms. The van der Waals surface area contributed by atoms with Crippen LogP contribution in [0.15, 0.2) is 48.5 Å². The summed E-state index contributed by atoms with van der Waals surface area (Å²) in [5, 5.41) is 3.00. The van der Waals surface area contributed by atoms with Gasteiger partial charge in [0.2, 0.25) is 5.91 Å². The number of aryl methyl sites for hydroxylation is 2. The summed E-state index contributed by atoms with van der Waals surface area (Å²) in [5.74, 6) is 0.0959. The highest BCUT2D eigenvalue weighted by Gasteiger charge is 2.03. The molecule has 23 heavy (non-hydrogen) atoms. The van der Waals surface area contributed by atoms with Gasteiger partial charge in [-0.05, 0) is 43.0 Å². The summed E-state index contributed by atoms with van der Waals surface area (Å²) >= 11 is 0. The maximum absolute atomic E-state index is 11.9. The van der Waals surface area contributed by atoms with Crippen LogP contribution in [0.4, 0.5) is 5.69 Å². The molecule has 0 unspecified atom stereocenters. The third-order valence-electron chi connectivity index (χ3n) is 3.86. The van der Waals surface area contributed by atoms with Crippen LogP contribution in [-0.2, 0) is 17.6 Å². The minimum absolute atomic E-state index is 0.0959. The Morgan fingerprint density at radius 2 is 1.78 bits per heavy atom. The Hall–Kier alpha value is -2.29. The third-order valence-corrected chi connectivity index (χ3v) is 3.86. The normalized spacial score (nSPS) is 10.4. The Balaban J connectivity index is 1.69. The average molecular weight is 310 g/mol. The molecule has 0 aliphatic carbocycles. The molecular weight excluding hydrogens is 284 g/mol. The van der Waals surface area contributed by atoms with Crippen molar-refractivity contribution in [1.29, 1.82) is 0 Å². The molecule has 0 saturated heterocycles. The second-order valence-electron chi connectivity index (χ2n) is 6.18. The van der Waals surface area contributed by atoms with Crippen molar-refractivity contribution in [2.45, 2.75) is 26.2 Å². The van der Waals surface area contributed by atoms with Gasteiger partial charge in [0.15, 0.2) is 0 Å². The van der Waals surface area contributed by atoms with Crippen LogP contribution in [0, 0.1) is 6.92 Å². The van der Waals surface area contributed by atoms with Crippen LogP contribution in [-0.4, -0.2) is 26.5 Å². The Labute approximate surface area is 139 Å². The highest BCUT2D eigenvalue weighted by molar-refractivity contribution is 5.78. The van der Waals surface area contributed by atoms with Crippen LogP contribution < -0.4 is 10.2 Å². The van der Waals surface area contributed by atoms with E-state index in [2.05, 4.69) is 40.5 Å². The van der Waals surface area contributed by atoms with Crippen molar-refractivity contribution < 1.29 is 4.79 Å². The summed E-state index contributed by atoms with van der Waals surface area (Å²) in [4.78, 5) is 14.0. The zero-order chi connectivity index (χ0) is 16.7. The van der Waals surface area contributed by atoms with Crippen molar-refractivity contribution in [2.75, 3.05) is 25.5 Å².